The first-order chi connectivity index (χ1) is 14.7. The molecule has 10 heteroatoms. The van der Waals surface area contributed by atoms with Crippen LogP contribution in [0.1, 0.15) is 28.8 Å². The molecule has 0 unspecified atom stereocenters. The molecule has 2 rings (SSSR count). The number of amides is 2. The van der Waals surface area contributed by atoms with Crippen LogP contribution in [0.3, 0.4) is 0 Å². The summed E-state index contributed by atoms with van der Waals surface area (Å²) in [6, 6.07) is 12.0. The summed E-state index contributed by atoms with van der Waals surface area (Å²) in [6.07, 6.45) is 0.733. The van der Waals surface area contributed by atoms with Gasteiger partial charge in [-0.25, -0.2) is 0 Å². The summed E-state index contributed by atoms with van der Waals surface area (Å²) in [7, 11) is 0. The fraction of sp³-hybridized carbons (Fsp3) is 0.238. The number of rotatable bonds is 10. The number of carbonyl (C=O) groups is 3. The van der Waals surface area contributed by atoms with Crippen molar-refractivity contribution in [1.29, 1.82) is 5.41 Å². The number of guanidine groups is 1. The molecule has 0 radical (unpaired) electrons. The normalized spacial score (nSPS) is 11.4. The Labute approximate surface area is 185 Å². The molecule has 0 saturated heterocycles. The summed E-state index contributed by atoms with van der Waals surface area (Å²) in [6.45, 7) is -0.0836. The number of ketones is 1. The molecule has 2 aromatic carbocycles. The Morgan fingerprint density at radius 1 is 1.10 bits per heavy atom. The van der Waals surface area contributed by atoms with Crippen molar-refractivity contribution in [1.82, 2.24) is 5.32 Å². The van der Waals surface area contributed by atoms with Gasteiger partial charge in [0.05, 0.1) is 11.7 Å². The molecule has 0 aromatic heterocycles. The maximum atomic E-state index is 13.1. The highest BCUT2D eigenvalue weighted by Crippen LogP contribution is 2.27. The third-order valence-corrected chi connectivity index (χ3v) is 4.67. The van der Waals surface area contributed by atoms with Gasteiger partial charge in [0.1, 0.15) is 6.54 Å². The van der Waals surface area contributed by atoms with Crippen molar-refractivity contribution in [2.75, 3.05) is 18.0 Å². The Morgan fingerprint density at radius 2 is 1.77 bits per heavy atom. The number of anilines is 1. The van der Waals surface area contributed by atoms with E-state index in [2.05, 4.69) is 5.32 Å². The lowest BCUT2D eigenvalue weighted by atomic mass is 10.00. The predicted molar refractivity (Wildman–Crippen MR) is 120 cm³/mol. The smallest absolute Gasteiger partial charge is 0.244 e. The van der Waals surface area contributed by atoms with E-state index >= 15 is 0 Å². The van der Waals surface area contributed by atoms with Crippen LogP contribution < -0.4 is 27.4 Å². The summed E-state index contributed by atoms with van der Waals surface area (Å²) in [5.74, 6) is -1.86. The number of primary amides is 1. The zero-order valence-corrected chi connectivity index (χ0v) is 17.6. The standard InChI is InChI=1S/C21H25ClN6O3/c22-14-8-9-17(15(11-14)19(30)13-5-2-1-3-6-13)28(12-18(24)29)20(31)16(23)7-4-10-27-21(25)26/h1-3,5-6,8-9,11,16H,4,7,10,12,23H2,(H2,24,29)(H4,25,26,27)/t16-/m0/s1. The number of benzene rings is 2. The molecule has 9 nitrogen and oxygen atoms in total. The van der Waals surface area contributed by atoms with E-state index in [0.717, 1.165) is 4.90 Å². The predicted octanol–water partition coefficient (Wildman–Crippen LogP) is 0.980. The van der Waals surface area contributed by atoms with Gasteiger partial charge in [0.2, 0.25) is 11.8 Å². The minimum atomic E-state index is -0.955. The van der Waals surface area contributed by atoms with E-state index in [1.54, 1.807) is 30.3 Å². The molecule has 0 spiro atoms. The van der Waals surface area contributed by atoms with E-state index in [1.807, 2.05) is 0 Å². The van der Waals surface area contributed by atoms with Gasteiger partial charge in [-0.05, 0) is 31.0 Å². The lowest BCUT2D eigenvalue weighted by Gasteiger charge is -2.26. The Kier molecular flexibility index (Phi) is 8.53. The van der Waals surface area contributed by atoms with Crippen LogP contribution in [0.15, 0.2) is 48.5 Å². The molecular formula is C21H25ClN6O3. The van der Waals surface area contributed by atoms with Crippen LogP contribution in [-0.2, 0) is 9.59 Å². The molecular weight excluding hydrogens is 420 g/mol. The fourth-order valence-electron chi connectivity index (χ4n) is 2.98. The number of nitrogens with two attached hydrogens (primary N) is 3. The van der Waals surface area contributed by atoms with Gasteiger partial charge in [-0.1, -0.05) is 41.9 Å². The molecule has 8 N–H and O–H groups in total. The van der Waals surface area contributed by atoms with Crippen LogP contribution in [0, 0.1) is 5.41 Å². The van der Waals surface area contributed by atoms with E-state index in [9.17, 15) is 14.4 Å². The van der Waals surface area contributed by atoms with Crippen LogP contribution in [-0.4, -0.2) is 42.7 Å². The van der Waals surface area contributed by atoms with Crippen molar-refractivity contribution in [2.24, 2.45) is 17.2 Å². The van der Waals surface area contributed by atoms with Gasteiger partial charge >= 0.3 is 0 Å². The van der Waals surface area contributed by atoms with Crippen LogP contribution in [0.25, 0.3) is 0 Å². The second kappa shape index (κ2) is 11.1. The summed E-state index contributed by atoms with van der Waals surface area (Å²) in [5, 5.41) is 10.1. The SMILES string of the molecule is N=C(N)NCCC[C@H](N)C(=O)N(CC(N)=O)c1ccc(Cl)cc1C(=O)c1ccccc1. The summed E-state index contributed by atoms with van der Waals surface area (Å²) < 4.78 is 0. The third kappa shape index (κ3) is 6.80. The molecule has 0 aliphatic rings. The topological polar surface area (TPSA) is 168 Å². The monoisotopic (exact) mass is 444 g/mol. The Morgan fingerprint density at radius 3 is 2.39 bits per heavy atom. The molecule has 1 atom stereocenters. The number of hydrogen-bond acceptors (Lipinski definition) is 5. The summed E-state index contributed by atoms with van der Waals surface area (Å²) >= 11 is 6.10. The van der Waals surface area contributed by atoms with E-state index in [4.69, 9.17) is 34.2 Å². The van der Waals surface area contributed by atoms with Crippen molar-refractivity contribution in [3.63, 3.8) is 0 Å². The molecule has 0 fully saturated rings. The molecule has 0 aliphatic carbocycles. The van der Waals surface area contributed by atoms with E-state index in [1.165, 1.54) is 18.2 Å². The lowest BCUT2D eigenvalue weighted by Crippen LogP contribution is -2.48. The molecule has 0 saturated carbocycles. The first-order valence-corrected chi connectivity index (χ1v) is 9.91. The van der Waals surface area contributed by atoms with Crippen LogP contribution in [0.2, 0.25) is 5.02 Å². The minimum absolute atomic E-state index is 0.152. The molecule has 31 heavy (non-hydrogen) atoms. The third-order valence-electron chi connectivity index (χ3n) is 4.43. The zero-order chi connectivity index (χ0) is 23.0. The zero-order valence-electron chi connectivity index (χ0n) is 16.8. The van der Waals surface area contributed by atoms with Crippen molar-refractivity contribution in [2.45, 2.75) is 18.9 Å². The average Bonchev–Trinajstić information content (AvgIpc) is 2.74. The quantitative estimate of drug-likeness (QED) is 0.158. The van der Waals surface area contributed by atoms with Crippen molar-refractivity contribution >= 4 is 40.8 Å². The molecule has 2 amide bonds. The fourth-order valence-corrected chi connectivity index (χ4v) is 3.15. The molecule has 0 aliphatic heterocycles. The van der Waals surface area contributed by atoms with Gasteiger partial charge < -0.3 is 27.4 Å². The van der Waals surface area contributed by atoms with Crippen LogP contribution in [0.5, 0.6) is 0 Å². The first kappa shape index (κ1) is 23.8. The van der Waals surface area contributed by atoms with Crippen LogP contribution in [0.4, 0.5) is 5.69 Å². The van der Waals surface area contributed by atoms with Crippen molar-refractivity contribution in [3.8, 4) is 0 Å². The number of hydrogen-bond donors (Lipinski definition) is 5. The molecule has 0 bridgehead atoms. The van der Waals surface area contributed by atoms with E-state index in [-0.39, 0.29) is 29.4 Å². The Balaban J connectivity index is 2.35. The number of halogens is 1. The molecule has 164 valence electrons. The Hall–Kier alpha value is -3.43. The van der Waals surface area contributed by atoms with Crippen molar-refractivity contribution in [3.05, 3.63) is 64.7 Å². The van der Waals surface area contributed by atoms with E-state index in [0.29, 0.717) is 23.6 Å². The van der Waals surface area contributed by atoms with Gasteiger partial charge in [-0.3, -0.25) is 19.8 Å². The number of nitrogens with zero attached hydrogens (tertiary/aromatic N) is 1. The summed E-state index contributed by atoms with van der Waals surface area (Å²) in [5.41, 5.74) is 17.4. The lowest BCUT2D eigenvalue weighted by molar-refractivity contribution is -0.123. The average molecular weight is 445 g/mol. The van der Waals surface area contributed by atoms with Crippen LogP contribution >= 0.6 is 11.6 Å². The highest BCUT2D eigenvalue weighted by atomic mass is 35.5. The van der Waals surface area contributed by atoms with E-state index < -0.39 is 24.4 Å². The van der Waals surface area contributed by atoms with Gasteiger partial charge in [0.25, 0.3) is 0 Å². The largest absolute Gasteiger partial charge is 0.370 e. The Bertz CT molecular complexity index is 967. The van der Waals surface area contributed by atoms with Gasteiger partial charge in [0.15, 0.2) is 11.7 Å². The second-order valence-corrected chi connectivity index (χ2v) is 7.27. The molecule has 0 heterocycles. The first-order valence-electron chi connectivity index (χ1n) is 9.53. The van der Waals surface area contributed by atoms with Gasteiger partial charge in [0, 0.05) is 22.7 Å². The maximum absolute atomic E-state index is 13.1. The number of carbonyl (C=O) groups excluding carboxylic acids is 3. The van der Waals surface area contributed by atoms with Crippen molar-refractivity contribution < 1.29 is 14.4 Å². The van der Waals surface area contributed by atoms with Gasteiger partial charge in [-0.15, -0.1) is 0 Å². The molecule has 2 aromatic rings. The highest BCUT2D eigenvalue weighted by molar-refractivity contribution is 6.31. The number of nitrogens with one attached hydrogen (secondary N) is 2. The minimum Gasteiger partial charge on any atom is -0.370 e. The highest BCUT2D eigenvalue weighted by Gasteiger charge is 2.27. The second-order valence-electron chi connectivity index (χ2n) is 6.84. The summed E-state index contributed by atoms with van der Waals surface area (Å²) in [4.78, 5) is 39.0. The maximum Gasteiger partial charge on any atom is 0.244 e. The van der Waals surface area contributed by atoms with Gasteiger partial charge in [-0.2, -0.15) is 0 Å².